The quantitative estimate of drug-likeness (QED) is 0.661. The van der Waals surface area contributed by atoms with Gasteiger partial charge in [0, 0.05) is 13.1 Å². The maximum atomic E-state index is 5.78. The lowest BCUT2D eigenvalue weighted by Crippen LogP contribution is -2.08. The van der Waals surface area contributed by atoms with Crippen LogP contribution < -0.4 is 16.8 Å². The molecule has 2 atom stereocenters. The molecule has 1 fully saturated rings. The fourth-order valence-corrected chi connectivity index (χ4v) is 2.64. The van der Waals surface area contributed by atoms with Crippen molar-refractivity contribution in [3.8, 4) is 0 Å². The monoisotopic (exact) mass is 289 g/mol. The van der Waals surface area contributed by atoms with E-state index in [2.05, 4.69) is 27.3 Å². The van der Waals surface area contributed by atoms with Gasteiger partial charge in [-0.1, -0.05) is 13.3 Å². The fraction of sp³-hybridized carbons (Fsp3) is 0.643. The van der Waals surface area contributed by atoms with Crippen LogP contribution in [-0.4, -0.2) is 32.8 Å². The van der Waals surface area contributed by atoms with E-state index in [9.17, 15) is 0 Å². The molecule has 1 aliphatic carbocycles. The SMILES string of the molecule is CCCCNc1nc(N)nc2cn(C[C@@H]3C[C@H]3CN)nc12. The molecule has 5 N–H and O–H groups in total. The molecule has 7 heteroatoms. The highest BCUT2D eigenvalue weighted by molar-refractivity contribution is 5.85. The summed E-state index contributed by atoms with van der Waals surface area (Å²) < 4.78 is 1.95. The molecule has 1 saturated carbocycles. The van der Waals surface area contributed by atoms with E-state index in [1.54, 1.807) is 0 Å². The molecule has 2 heterocycles. The van der Waals surface area contributed by atoms with Crippen LogP contribution in [0.3, 0.4) is 0 Å². The van der Waals surface area contributed by atoms with E-state index in [0.717, 1.165) is 49.3 Å². The van der Waals surface area contributed by atoms with Crippen LogP contribution in [-0.2, 0) is 6.54 Å². The first-order valence-electron chi connectivity index (χ1n) is 7.66. The number of anilines is 2. The Kier molecular flexibility index (Phi) is 3.92. The lowest BCUT2D eigenvalue weighted by atomic mass is 10.3. The second-order valence-electron chi connectivity index (χ2n) is 5.79. The Morgan fingerprint density at radius 3 is 2.95 bits per heavy atom. The number of hydrogen-bond acceptors (Lipinski definition) is 6. The minimum atomic E-state index is 0.285. The summed E-state index contributed by atoms with van der Waals surface area (Å²) in [5.41, 5.74) is 13.1. The van der Waals surface area contributed by atoms with E-state index >= 15 is 0 Å². The van der Waals surface area contributed by atoms with E-state index < -0.39 is 0 Å². The molecule has 0 aliphatic heterocycles. The summed E-state index contributed by atoms with van der Waals surface area (Å²) in [7, 11) is 0. The highest BCUT2D eigenvalue weighted by Crippen LogP contribution is 2.38. The highest BCUT2D eigenvalue weighted by atomic mass is 15.3. The van der Waals surface area contributed by atoms with Gasteiger partial charge in [-0.25, -0.2) is 4.98 Å². The second-order valence-corrected chi connectivity index (χ2v) is 5.79. The first kappa shape index (κ1) is 14.1. The first-order chi connectivity index (χ1) is 10.2. The van der Waals surface area contributed by atoms with Crippen molar-refractivity contribution in [3.05, 3.63) is 6.20 Å². The summed E-state index contributed by atoms with van der Waals surface area (Å²) in [5, 5.41) is 7.92. The fourth-order valence-electron chi connectivity index (χ4n) is 2.64. The maximum Gasteiger partial charge on any atom is 0.222 e. The number of nitrogen functional groups attached to an aromatic ring is 1. The number of fused-ring (bicyclic) bond motifs is 1. The molecule has 0 amide bonds. The first-order valence-corrected chi connectivity index (χ1v) is 7.66. The van der Waals surface area contributed by atoms with Crippen LogP contribution in [0, 0.1) is 11.8 Å². The largest absolute Gasteiger partial charge is 0.368 e. The van der Waals surface area contributed by atoms with Crippen molar-refractivity contribution < 1.29 is 0 Å². The zero-order chi connectivity index (χ0) is 14.8. The Labute approximate surface area is 124 Å². The van der Waals surface area contributed by atoms with Gasteiger partial charge in [-0.3, -0.25) is 4.68 Å². The lowest BCUT2D eigenvalue weighted by molar-refractivity contribution is 0.536. The summed E-state index contributed by atoms with van der Waals surface area (Å²) >= 11 is 0. The molecule has 0 spiro atoms. The molecule has 0 saturated heterocycles. The summed E-state index contributed by atoms with van der Waals surface area (Å²) in [6.07, 6.45) is 5.37. The number of rotatable bonds is 7. The van der Waals surface area contributed by atoms with Crippen LogP contribution in [0.1, 0.15) is 26.2 Å². The third-order valence-corrected chi connectivity index (χ3v) is 4.04. The number of nitrogens with zero attached hydrogens (tertiary/aromatic N) is 4. The van der Waals surface area contributed by atoms with Crippen molar-refractivity contribution in [2.45, 2.75) is 32.7 Å². The average molecular weight is 289 g/mol. The molecule has 0 aromatic carbocycles. The van der Waals surface area contributed by atoms with Gasteiger partial charge in [-0.2, -0.15) is 10.1 Å². The van der Waals surface area contributed by atoms with Crippen molar-refractivity contribution >= 4 is 22.8 Å². The van der Waals surface area contributed by atoms with Crippen LogP contribution >= 0.6 is 0 Å². The van der Waals surface area contributed by atoms with E-state index in [1.165, 1.54) is 6.42 Å². The number of hydrogen-bond donors (Lipinski definition) is 3. The van der Waals surface area contributed by atoms with E-state index in [-0.39, 0.29) is 5.95 Å². The van der Waals surface area contributed by atoms with Crippen LogP contribution in [0.5, 0.6) is 0 Å². The van der Waals surface area contributed by atoms with Crippen LogP contribution in [0.25, 0.3) is 11.0 Å². The van der Waals surface area contributed by atoms with Gasteiger partial charge in [0.05, 0.1) is 6.20 Å². The highest BCUT2D eigenvalue weighted by Gasteiger charge is 2.36. The topological polar surface area (TPSA) is 108 Å². The standard InChI is InChI=1S/C14H23N7/c1-2-3-4-17-13-12-11(18-14(16)19-13)8-21(20-12)7-10-5-9(10)6-15/h8-10H,2-7,15H2,1H3,(H3,16,17,18,19)/t9-,10-/m0/s1. The minimum absolute atomic E-state index is 0.285. The van der Waals surface area contributed by atoms with Crippen molar-refractivity contribution in [1.82, 2.24) is 19.7 Å². The Morgan fingerprint density at radius 2 is 2.24 bits per heavy atom. The van der Waals surface area contributed by atoms with Gasteiger partial charge in [0.2, 0.25) is 5.95 Å². The van der Waals surface area contributed by atoms with E-state index in [0.29, 0.717) is 11.8 Å². The molecule has 21 heavy (non-hydrogen) atoms. The molecule has 0 radical (unpaired) electrons. The lowest BCUT2D eigenvalue weighted by Gasteiger charge is -2.05. The molecule has 1 aliphatic rings. The minimum Gasteiger partial charge on any atom is -0.368 e. The maximum absolute atomic E-state index is 5.78. The average Bonchev–Trinajstić information content (AvgIpc) is 3.08. The number of nitrogens with two attached hydrogens (primary N) is 2. The van der Waals surface area contributed by atoms with Crippen LogP contribution in [0.15, 0.2) is 6.20 Å². The zero-order valence-electron chi connectivity index (χ0n) is 12.4. The third-order valence-electron chi connectivity index (χ3n) is 4.04. The third kappa shape index (κ3) is 3.07. The summed E-state index contributed by atoms with van der Waals surface area (Å²) in [6.45, 7) is 4.69. The molecular weight excluding hydrogens is 266 g/mol. The van der Waals surface area contributed by atoms with Gasteiger partial charge in [-0.05, 0) is 31.2 Å². The molecule has 2 aromatic heterocycles. The molecule has 0 bridgehead atoms. The Hall–Kier alpha value is -1.89. The van der Waals surface area contributed by atoms with Gasteiger partial charge < -0.3 is 16.8 Å². The summed E-state index contributed by atoms with van der Waals surface area (Å²) in [6, 6.07) is 0. The van der Waals surface area contributed by atoms with Gasteiger partial charge in [-0.15, -0.1) is 0 Å². The molecule has 3 rings (SSSR count). The second kappa shape index (κ2) is 5.85. The molecule has 0 unspecified atom stereocenters. The number of unbranched alkanes of at least 4 members (excludes halogenated alkanes) is 1. The molecule has 114 valence electrons. The van der Waals surface area contributed by atoms with E-state index in [4.69, 9.17) is 11.5 Å². The van der Waals surface area contributed by atoms with Gasteiger partial charge >= 0.3 is 0 Å². The van der Waals surface area contributed by atoms with Crippen LogP contribution in [0.2, 0.25) is 0 Å². The molecule has 2 aromatic rings. The van der Waals surface area contributed by atoms with Crippen LogP contribution in [0.4, 0.5) is 11.8 Å². The predicted octanol–water partition coefficient (Wildman–Crippen LogP) is 1.22. The molecular formula is C14H23N7. The number of nitrogens with one attached hydrogen (secondary N) is 1. The van der Waals surface area contributed by atoms with E-state index in [1.807, 2.05) is 10.9 Å². The zero-order valence-corrected chi connectivity index (χ0v) is 12.4. The van der Waals surface area contributed by atoms with Crippen molar-refractivity contribution in [1.29, 1.82) is 0 Å². The Bertz CT molecular complexity index is 621. The number of aromatic nitrogens is 4. The van der Waals surface area contributed by atoms with Gasteiger partial charge in [0.15, 0.2) is 11.3 Å². The summed E-state index contributed by atoms with van der Waals surface area (Å²) in [5.74, 6) is 2.31. The Balaban J connectivity index is 1.80. The van der Waals surface area contributed by atoms with Gasteiger partial charge in [0.25, 0.3) is 0 Å². The van der Waals surface area contributed by atoms with Crippen molar-refractivity contribution in [2.75, 3.05) is 24.1 Å². The normalized spacial score (nSPS) is 20.9. The van der Waals surface area contributed by atoms with Crippen molar-refractivity contribution in [3.63, 3.8) is 0 Å². The Morgan fingerprint density at radius 1 is 1.38 bits per heavy atom. The van der Waals surface area contributed by atoms with Gasteiger partial charge in [0.1, 0.15) is 5.52 Å². The van der Waals surface area contributed by atoms with Crippen molar-refractivity contribution in [2.24, 2.45) is 17.6 Å². The summed E-state index contributed by atoms with van der Waals surface area (Å²) in [4.78, 5) is 8.54. The predicted molar refractivity (Wildman–Crippen MR) is 83.8 cm³/mol. The smallest absolute Gasteiger partial charge is 0.222 e. The molecule has 7 nitrogen and oxygen atoms in total.